The molecule has 0 saturated heterocycles. The molecule has 6 nitrogen and oxygen atoms in total. The van der Waals surface area contributed by atoms with Gasteiger partial charge in [0, 0.05) is 33.0 Å². The van der Waals surface area contributed by atoms with Crippen LogP contribution in [0.15, 0.2) is 0 Å². The van der Waals surface area contributed by atoms with E-state index in [2.05, 4.69) is 5.32 Å². The number of aliphatic carboxylic acids is 1. The van der Waals surface area contributed by atoms with Crippen LogP contribution in [-0.2, 0) is 14.4 Å². The number of hydrogen-bond acceptors (Lipinski definition) is 3. The van der Waals surface area contributed by atoms with Crippen LogP contribution < -0.4 is 5.32 Å². The molecule has 0 unspecified atom stereocenters. The number of amides is 2. The van der Waals surface area contributed by atoms with Gasteiger partial charge in [-0.1, -0.05) is 6.92 Å². The second-order valence-electron chi connectivity index (χ2n) is 4.11. The van der Waals surface area contributed by atoms with Crippen molar-refractivity contribution in [1.29, 1.82) is 0 Å². The minimum atomic E-state index is -0.911. The quantitative estimate of drug-likeness (QED) is 0.593. The zero-order valence-electron chi connectivity index (χ0n) is 11.1. The van der Waals surface area contributed by atoms with Crippen molar-refractivity contribution in [2.75, 3.05) is 19.6 Å². The third-order valence-corrected chi connectivity index (χ3v) is 2.39. The van der Waals surface area contributed by atoms with Crippen molar-refractivity contribution < 1.29 is 19.5 Å². The molecule has 104 valence electrons. The van der Waals surface area contributed by atoms with E-state index in [-0.39, 0.29) is 24.8 Å². The first-order valence-corrected chi connectivity index (χ1v) is 6.21. The lowest BCUT2D eigenvalue weighted by molar-refractivity contribution is -0.138. The number of carbonyl (C=O) groups is 3. The molecule has 6 heteroatoms. The number of nitrogens with one attached hydrogen (secondary N) is 1. The van der Waals surface area contributed by atoms with Crippen LogP contribution in [0.4, 0.5) is 0 Å². The maximum Gasteiger partial charge on any atom is 0.305 e. The molecule has 2 amide bonds. The van der Waals surface area contributed by atoms with Crippen LogP contribution in [0.2, 0.25) is 0 Å². The number of carboxylic acid groups (broad SMARTS) is 1. The zero-order valence-corrected chi connectivity index (χ0v) is 11.1. The SMILES string of the molecule is CCCC(=O)N(CCCNC(C)=O)CCC(=O)O. The molecule has 2 N–H and O–H groups in total. The van der Waals surface area contributed by atoms with Crippen LogP contribution in [0.3, 0.4) is 0 Å². The Hall–Kier alpha value is -1.59. The first-order valence-electron chi connectivity index (χ1n) is 6.21. The van der Waals surface area contributed by atoms with Gasteiger partial charge in [-0.05, 0) is 12.8 Å². The standard InChI is InChI=1S/C12H22N2O4/c1-3-5-11(16)14(9-6-12(17)18)8-4-7-13-10(2)15/h3-9H2,1-2H3,(H,13,15)(H,17,18). The molecule has 0 fully saturated rings. The second-order valence-corrected chi connectivity index (χ2v) is 4.11. The van der Waals surface area contributed by atoms with Crippen molar-refractivity contribution in [2.24, 2.45) is 0 Å². The topological polar surface area (TPSA) is 86.7 Å². The molecule has 0 radical (unpaired) electrons. The largest absolute Gasteiger partial charge is 0.481 e. The maximum absolute atomic E-state index is 11.7. The summed E-state index contributed by atoms with van der Waals surface area (Å²) in [7, 11) is 0. The first-order chi connectivity index (χ1) is 8.47. The van der Waals surface area contributed by atoms with Crippen molar-refractivity contribution in [2.45, 2.75) is 39.5 Å². The molecule has 18 heavy (non-hydrogen) atoms. The number of rotatable bonds is 9. The van der Waals surface area contributed by atoms with Crippen LogP contribution in [0, 0.1) is 0 Å². The van der Waals surface area contributed by atoms with Gasteiger partial charge in [0.05, 0.1) is 6.42 Å². The van der Waals surface area contributed by atoms with E-state index in [1.165, 1.54) is 6.92 Å². The number of hydrogen-bond donors (Lipinski definition) is 2. The van der Waals surface area contributed by atoms with Crippen molar-refractivity contribution >= 4 is 17.8 Å². The fraction of sp³-hybridized carbons (Fsp3) is 0.750. The van der Waals surface area contributed by atoms with Gasteiger partial charge in [-0.3, -0.25) is 14.4 Å². The predicted molar refractivity (Wildman–Crippen MR) is 67.0 cm³/mol. The van der Waals surface area contributed by atoms with Crippen LogP contribution in [0.25, 0.3) is 0 Å². The predicted octanol–water partition coefficient (Wildman–Crippen LogP) is 0.616. The van der Waals surface area contributed by atoms with Crippen LogP contribution in [0.5, 0.6) is 0 Å². The van der Waals surface area contributed by atoms with Gasteiger partial charge in [0.25, 0.3) is 0 Å². The summed E-state index contributed by atoms with van der Waals surface area (Å²) in [5.74, 6) is -1.04. The lowest BCUT2D eigenvalue weighted by Gasteiger charge is -2.21. The van der Waals surface area contributed by atoms with Crippen molar-refractivity contribution in [1.82, 2.24) is 10.2 Å². The summed E-state index contributed by atoms with van der Waals surface area (Å²) < 4.78 is 0. The third-order valence-electron chi connectivity index (χ3n) is 2.39. The summed E-state index contributed by atoms with van der Waals surface area (Å²) in [5, 5.41) is 11.3. The lowest BCUT2D eigenvalue weighted by atomic mass is 10.2. The Morgan fingerprint density at radius 1 is 1.17 bits per heavy atom. The summed E-state index contributed by atoms with van der Waals surface area (Å²) in [5.41, 5.74) is 0. The van der Waals surface area contributed by atoms with Crippen LogP contribution in [0.1, 0.15) is 39.5 Å². The van der Waals surface area contributed by atoms with E-state index >= 15 is 0 Å². The highest BCUT2D eigenvalue weighted by atomic mass is 16.4. The summed E-state index contributed by atoms with van der Waals surface area (Å²) >= 11 is 0. The first kappa shape index (κ1) is 16.4. The Kier molecular flexibility index (Phi) is 8.61. The molecule has 0 saturated carbocycles. The molecule has 0 aromatic carbocycles. The molecule has 0 aromatic rings. The molecule has 0 atom stereocenters. The van der Waals surface area contributed by atoms with Crippen molar-refractivity contribution in [3.8, 4) is 0 Å². The Labute approximate surface area is 107 Å². The Balaban J connectivity index is 4.07. The second kappa shape index (κ2) is 9.44. The molecule has 0 heterocycles. The summed E-state index contributed by atoms with van der Waals surface area (Å²) in [4.78, 5) is 34.5. The van der Waals surface area contributed by atoms with Gasteiger partial charge in [0.1, 0.15) is 0 Å². The average molecular weight is 258 g/mol. The molecule has 0 aromatic heterocycles. The number of carbonyl (C=O) groups excluding carboxylic acids is 2. The molecule has 0 spiro atoms. The minimum absolute atomic E-state index is 0.0263. The van der Waals surface area contributed by atoms with E-state index in [1.54, 1.807) is 4.90 Å². The van der Waals surface area contributed by atoms with E-state index in [9.17, 15) is 14.4 Å². The van der Waals surface area contributed by atoms with E-state index in [4.69, 9.17) is 5.11 Å². The highest BCUT2D eigenvalue weighted by Gasteiger charge is 2.13. The maximum atomic E-state index is 11.7. The van der Waals surface area contributed by atoms with Gasteiger partial charge in [-0.2, -0.15) is 0 Å². The van der Waals surface area contributed by atoms with Gasteiger partial charge >= 0.3 is 5.97 Å². The van der Waals surface area contributed by atoms with Gasteiger partial charge in [-0.25, -0.2) is 0 Å². The van der Waals surface area contributed by atoms with Crippen molar-refractivity contribution in [3.63, 3.8) is 0 Å². The van der Waals surface area contributed by atoms with E-state index in [1.807, 2.05) is 6.92 Å². The van der Waals surface area contributed by atoms with Gasteiger partial charge in [0.2, 0.25) is 11.8 Å². The lowest BCUT2D eigenvalue weighted by Crippen LogP contribution is -2.35. The highest BCUT2D eigenvalue weighted by Crippen LogP contribution is 2.01. The Morgan fingerprint density at radius 2 is 1.83 bits per heavy atom. The van der Waals surface area contributed by atoms with Gasteiger partial charge in [-0.15, -0.1) is 0 Å². The highest BCUT2D eigenvalue weighted by molar-refractivity contribution is 5.77. The van der Waals surface area contributed by atoms with E-state index in [0.717, 1.165) is 6.42 Å². The van der Waals surface area contributed by atoms with Crippen molar-refractivity contribution in [3.05, 3.63) is 0 Å². The monoisotopic (exact) mass is 258 g/mol. The summed E-state index contributed by atoms with van der Waals surface area (Å²) in [6, 6.07) is 0. The summed E-state index contributed by atoms with van der Waals surface area (Å²) in [6.07, 6.45) is 1.76. The molecule has 0 aliphatic rings. The van der Waals surface area contributed by atoms with Crippen LogP contribution in [-0.4, -0.2) is 47.4 Å². The van der Waals surface area contributed by atoms with E-state index in [0.29, 0.717) is 25.9 Å². The van der Waals surface area contributed by atoms with E-state index < -0.39 is 5.97 Å². The smallest absolute Gasteiger partial charge is 0.305 e. The zero-order chi connectivity index (χ0) is 14.0. The fourth-order valence-corrected chi connectivity index (χ4v) is 1.50. The number of nitrogens with zero attached hydrogens (tertiary/aromatic N) is 1. The Morgan fingerprint density at radius 3 is 2.33 bits per heavy atom. The number of carboxylic acids is 1. The third kappa shape index (κ3) is 8.55. The average Bonchev–Trinajstić information content (AvgIpc) is 2.27. The summed E-state index contributed by atoms with van der Waals surface area (Å²) in [6.45, 7) is 4.55. The normalized spacial score (nSPS) is 9.89. The Bertz CT molecular complexity index is 292. The molecular formula is C12H22N2O4. The van der Waals surface area contributed by atoms with Crippen LogP contribution >= 0.6 is 0 Å². The molecule has 0 bridgehead atoms. The molecule has 0 aliphatic heterocycles. The van der Waals surface area contributed by atoms with Gasteiger partial charge < -0.3 is 15.3 Å². The van der Waals surface area contributed by atoms with Gasteiger partial charge in [0.15, 0.2) is 0 Å². The minimum Gasteiger partial charge on any atom is -0.481 e. The fourth-order valence-electron chi connectivity index (χ4n) is 1.50. The molecule has 0 aliphatic carbocycles. The molecule has 0 rings (SSSR count). The molecular weight excluding hydrogens is 236 g/mol.